The van der Waals surface area contributed by atoms with Crippen molar-refractivity contribution in [3.63, 3.8) is 0 Å². The van der Waals surface area contributed by atoms with Gasteiger partial charge >= 0.3 is 51.4 Å². The molecule has 0 amide bonds. The van der Waals surface area contributed by atoms with Crippen LogP contribution in [0.4, 0.5) is 0 Å². The molecule has 0 aliphatic rings. The Labute approximate surface area is 83.1 Å². The molecule has 0 fully saturated rings. The summed E-state index contributed by atoms with van der Waals surface area (Å²) in [6.45, 7) is 6.44. The second-order valence-corrected chi connectivity index (χ2v) is 1.56. The molecule has 1 radical (unpaired) electrons. The van der Waals surface area contributed by atoms with E-state index < -0.39 is 0 Å². The van der Waals surface area contributed by atoms with Crippen LogP contribution < -0.4 is 0 Å². The molecule has 0 aromatic rings. The van der Waals surface area contributed by atoms with Crippen LogP contribution in [-0.4, -0.2) is 51.4 Å². The summed E-state index contributed by atoms with van der Waals surface area (Å²) in [5.74, 6) is 1.50. The van der Waals surface area contributed by atoms with Crippen LogP contribution in [0.5, 0.6) is 0 Å². The van der Waals surface area contributed by atoms with Gasteiger partial charge in [-0.15, -0.1) is 0 Å². The van der Waals surface area contributed by atoms with E-state index in [4.69, 9.17) is 0 Å². The Morgan fingerprint density at radius 3 is 1.50 bits per heavy atom. The average molecular weight is 111 g/mol. The molecule has 0 heterocycles. The van der Waals surface area contributed by atoms with Gasteiger partial charge in [0.2, 0.25) is 0 Å². The molecule has 0 bridgehead atoms. The van der Waals surface area contributed by atoms with Gasteiger partial charge in [0.15, 0.2) is 0 Å². The van der Waals surface area contributed by atoms with Gasteiger partial charge in [-0.3, -0.25) is 0 Å². The molecule has 6 heavy (non-hydrogen) atoms. The van der Waals surface area contributed by atoms with E-state index in [1.165, 1.54) is 12.3 Å². The summed E-state index contributed by atoms with van der Waals surface area (Å²) < 4.78 is 0. The first-order chi connectivity index (χ1) is 2.27. The van der Waals surface area contributed by atoms with Crippen LogP contribution in [0.1, 0.15) is 27.2 Å². The van der Waals surface area contributed by atoms with E-state index in [2.05, 4.69) is 20.8 Å². The number of hydrogen-bond donors (Lipinski definition) is 0. The van der Waals surface area contributed by atoms with Gasteiger partial charge < -0.3 is 0 Å². The van der Waals surface area contributed by atoms with Gasteiger partial charge in [-0.2, -0.15) is 0 Å². The second kappa shape index (κ2) is 6.64. The SMILES string of the molecule is CC[C](C)C.[KH]. The zero-order valence-electron chi connectivity index (χ0n) is 4.21. The van der Waals surface area contributed by atoms with Crippen LogP contribution in [-0.2, 0) is 0 Å². The molecule has 0 spiro atoms. The predicted octanol–water partition coefficient (Wildman–Crippen LogP) is 1.36. The van der Waals surface area contributed by atoms with Crippen molar-refractivity contribution in [2.45, 2.75) is 27.2 Å². The maximum atomic E-state index is 2.16. The van der Waals surface area contributed by atoms with Gasteiger partial charge in [0, 0.05) is 0 Å². The molecule has 0 nitrogen and oxygen atoms in total. The Morgan fingerprint density at radius 2 is 1.50 bits per heavy atom. The van der Waals surface area contributed by atoms with Crippen LogP contribution >= 0.6 is 0 Å². The Hall–Kier alpha value is 1.64. The third kappa shape index (κ3) is 9.16. The van der Waals surface area contributed by atoms with Crippen molar-refractivity contribution in [2.24, 2.45) is 0 Å². The molecular weight excluding hydrogens is 99.2 g/mol. The van der Waals surface area contributed by atoms with Gasteiger partial charge in [-0.1, -0.05) is 27.2 Å². The van der Waals surface area contributed by atoms with Crippen molar-refractivity contribution < 1.29 is 0 Å². The van der Waals surface area contributed by atoms with Crippen molar-refractivity contribution in [2.75, 3.05) is 0 Å². The van der Waals surface area contributed by atoms with Gasteiger partial charge in [0.05, 0.1) is 0 Å². The quantitative estimate of drug-likeness (QED) is 0.448. The van der Waals surface area contributed by atoms with E-state index >= 15 is 0 Å². The van der Waals surface area contributed by atoms with E-state index in [9.17, 15) is 0 Å². The van der Waals surface area contributed by atoms with Crippen molar-refractivity contribution in [3.8, 4) is 0 Å². The fourth-order valence-corrected chi connectivity index (χ4v) is 0. The third-order valence-corrected chi connectivity index (χ3v) is 0.707. The molecule has 0 saturated heterocycles. The predicted molar refractivity (Wildman–Crippen MR) is 32.0 cm³/mol. The summed E-state index contributed by atoms with van der Waals surface area (Å²) in [6, 6.07) is 0. The average Bonchev–Trinajstić information content (AvgIpc) is 1.38. The molecule has 1 heteroatoms. The van der Waals surface area contributed by atoms with Crippen molar-refractivity contribution in [3.05, 3.63) is 5.92 Å². The molecule has 33 valence electrons. The third-order valence-electron chi connectivity index (χ3n) is 0.707. The first-order valence-corrected chi connectivity index (χ1v) is 2.06. The van der Waals surface area contributed by atoms with Gasteiger partial charge in [0.1, 0.15) is 0 Å². The Kier molecular flexibility index (Phi) is 11.7. The van der Waals surface area contributed by atoms with Gasteiger partial charge in [-0.25, -0.2) is 0 Å². The van der Waals surface area contributed by atoms with Crippen LogP contribution in [0.15, 0.2) is 0 Å². The second-order valence-electron chi connectivity index (χ2n) is 1.56. The van der Waals surface area contributed by atoms with E-state index in [1.807, 2.05) is 0 Å². The molecule has 0 aromatic carbocycles. The fraction of sp³-hybridized carbons (Fsp3) is 0.800. The Balaban J connectivity index is 0. The maximum absolute atomic E-state index is 2.16. The van der Waals surface area contributed by atoms with Crippen LogP contribution in [0.25, 0.3) is 0 Å². The van der Waals surface area contributed by atoms with E-state index in [1.54, 1.807) is 0 Å². The first kappa shape index (κ1) is 10.6. The van der Waals surface area contributed by atoms with E-state index in [-0.39, 0.29) is 51.4 Å². The Bertz CT molecular complexity index is 17.9. The fourth-order valence-electron chi connectivity index (χ4n) is 0. The van der Waals surface area contributed by atoms with Crippen molar-refractivity contribution >= 4 is 51.4 Å². The minimum absolute atomic E-state index is 0. The van der Waals surface area contributed by atoms with Crippen molar-refractivity contribution in [1.82, 2.24) is 0 Å². The first-order valence-electron chi connectivity index (χ1n) is 2.06. The zero-order chi connectivity index (χ0) is 4.28. The van der Waals surface area contributed by atoms with Crippen molar-refractivity contribution in [1.29, 1.82) is 0 Å². The van der Waals surface area contributed by atoms with Crippen LogP contribution in [0, 0.1) is 5.92 Å². The van der Waals surface area contributed by atoms with Crippen LogP contribution in [0.2, 0.25) is 0 Å². The van der Waals surface area contributed by atoms with E-state index in [0.29, 0.717) is 0 Å². The Morgan fingerprint density at radius 1 is 1.33 bits per heavy atom. The minimum atomic E-state index is 0. The molecular formula is C5H12K. The van der Waals surface area contributed by atoms with E-state index in [0.717, 1.165) is 0 Å². The molecule has 0 aliphatic carbocycles. The zero-order valence-corrected chi connectivity index (χ0v) is 4.21. The standard InChI is InChI=1S/C5H11.K.H/c1-4-5(2)3;;/h4H2,1-3H3;;. The molecule has 0 unspecified atom stereocenters. The summed E-state index contributed by atoms with van der Waals surface area (Å²) >= 11 is 0. The summed E-state index contributed by atoms with van der Waals surface area (Å²) in [7, 11) is 0. The summed E-state index contributed by atoms with van der Waals surface area (Å²) in [6.07, 6.45) is 1.22. The van der Waals surface area contributed by atoms with Crippen LogP contribution in [0.3, 0.4) is 0 Å². The molecule has 0 rings (SSSR count). The molecule has 0 saturated carbocycles. The molecule has 0 N–H and O–H groups in total. The number of hydrogen-bond acceptors (Lipinski definition) is 0. The normalized spacial score (nSPS) is 8.00. The number of rotatable bonds is 1. The molecule has 0 atom stereocenters. The molecule has 0 aliphatic heterocycles. The summed E-state index contributed by atoms with van der Waals surface area (Å²) in [4.78, 5) is 0. The summed E-state index contributed by atoms with van der Waals surface area (Å²) in [5.41, 5.74) is 0. The van der Waals surface area contributed by atoms with Gasteiger partial charge in [-0.05, 0) is 5.92 Å². The summed E-state index contributed by atoms with van der Waals surface area (Å²) in [5, 5.41) is 0. The monoisotopic (exact) mass is 111 g/mol. The molecule has 0 aromatic heterocycles. The topological polar surface area (TPSA) is 0 Å². The van der Waals surface area contributed by atoms with Gasteiger partial charge in [0.25, 0.3) is 0 Å².